The van der Waals surface area contributed by atoms with Crippen molar-refractivity contribution in [2.24, 2.45) is 7.05 Å². The van der Waals surface area contributed by atoms with Crippen LogP contribution in [0.4, 0.5) is 5.82 Å². The third-order valence-corrected chi connectivity index (χ3v) is 1.66. The first-order valence-electron chi connectivity index (χ1n) is 3.52. The van der Waals surface area contributed by atoms with E-state index < -0.39 is 0 Å². The van der Waals surface area contributed by atoms with Crippen LogP contribution in [0.5, 0.6) is 0 Å². The summed E-state index contributed by atoms with van der Waals surface area (Å²) in [4.78, 5) is 12.1. The Balaban J connectivity index is 2.74. The number of hydrogen-bond donors (Lipinski definition) is 0. The second kappa shape index (κ2) is 3.23. The number of likely N-dealkylation sites (N-methyl/N-ethyl adjacent to an activating group) is 1. The Morgan fingerprint density at radius 3 is 2.91 bits per heavy atom. The van der Waals surface area contributed by atoms with Crippen LogP contribution in [0.1, 0.15) is 0 Å². The van der Waals surface area contributed by atoms with Crippen LogP contribution in [0.15, 0.2) is 18.3 Å². The van der Waals surface area contributed by atoms with Crippen LogP contribution in [0.2, 0.25) is 0 Å². The first kappa shape index (κ1) is 7.85. The summed E-state index contributed by atoms with van der Waals surface area (Å²) < 4.78 is 1.98. The van der Waals surface area contributed by atoms with Gasteiger partial charge in [-0.25, -0.2) is 0 Å². The van der Waals surface area contributed by atoms with Gasteiger partial charge in [-0.15, -0.1) is 0 Å². The van der Waals surface area contributed by atoms with Gasteiger partial charge in [0.25, 0.3) is 0 Å². The van der Waals surface area contributed by atoms with Crippen molar-refractivity contribution < 1.29 is 4.79 Å². The highest BCUT2D eigenvalue weighted by Gasteiger charge is 2.01. The molecule has 0 aliphatic rings. The molecule has 0 spiro atoms. The lowest BCUT2D eigenvalue weighted by molar-refractivity contribution is -0.106. The summed E-state index contributed by atoms with van der Waals surface area (Å²) in [6, 6.07) is 3.93. The zero-order chi connectivity index (χ0) is 8.27. The highest BCUT2D eigenvalue weighted by molar-refractivity contribution is 5.59. The molecule has 3 nitrogen and oxygen atoms in total. The van der Waals surface area contributed by atoms with Crippen LogP contribution in [-0.2, 0) is 11.8 Å². The molecule has 0 amide bonds. The number of aromatic nitrogens is 1. The van der Waals surface area contributed by atoms with E-state index in [-0.39, 0.29) is 0 Å². The number of anilines is 1. The molecule has 1 aromatic heterocycles. The van der Waals surface area contributed by atoms with Gasteiger partial charge in [0.05, 0.1) is 6.54 Å². The lowest BCUT2D eigenvalue weighted by Crippen LogP contribution is -2.21. The zero-order valence-electron chi connectivity index (χ0n) is 6.82. The fourth-order valence-electron chi connectivity index (χ4n) is 1.05. The Morgan fingerprint density at radius 2 is 2.45 bits per heavy atom. The van der Waals surface area contributed by atoms with Crippen molar-refractivity contribution in [3.8, 4) is 0 Å². The Hall–Kier alpha value is -1.25. The van der Waals surface area contributed by atoms with Crippen LogP contribution >= 0.6 is 0 Å². The summed E-state index contributed by atoms with van der Waals surface area (Å²) in [5.41, 5.74) is 0. The lowest BCUT2D eigenvalue weighted by atomic mass is 10.5. The van der Waals surface area contributed by atoms with Crippen LogP contribution in [0.3, 0.4) is 0 Å². The molecule has 0 N–H and O–H groups in total. The molecule has 1 heterocycles. The minimum atomic E-state index is 0.442. The molecule has 0 atom stereocenters. The molecular formula is C8H12N2O. The molecule has 1 aromatic rings. The largest absolute Gasteiger partial charge is 0.354 e. The van der Waals surface area contributed by atoms with Crippen LogP contribution < -0.4 is 4.90 Å². The number of carbonyl (C=O) groups is 1. The van der Waals surface area contributed by atoms with E-state index in [4.69, 9.17) is 0 Å². The molecule has 0 aliphatic carbocycles. The van der Waals surface area contributed by atoms with Gasteiger partial charge in [-0.05, 0) is 12.1 Å². The predicted octanol–water partition coefficient (Wildman–Crippen LogP) is 0.660. The molecule has 0 bridgehead atoms. The van der Waals surface area contributed by atoms with E-state index >= 15 is 0 Å². The van der Waals surface area contributed by atoms with Crippen molar-refractivity contribution in [2.45, 2.75) is 0 Å². The maximum absolute atomic E-state index is 10.2. The lowest BCUT2D eigenvalue weighted by Gasteiger charge is -2.15. The van der Waals surface area contributed by atoms with Crippen LogP contribution in [0.25, 0.3) is 0 Å². The van der Waals surface area contributed by atoms with Gasteiger partial charge < -0.3 is 14.3 Å². The minimum absolute atomic E-state index is 0.442. The van der Waals surface area contributed by atoms with Crippen molar-refractivity contribution >= 4 is 12.1 Å². The maximum atomic E-state index is 10.2. The minimum Gasteiger partial charge on any atom is -0.354 e. The van der Waals surface area contributed by atoms with Crippen molar-refractivity contribution in [2.75, 3.05) is 18.5 Å². The summed E-state index contributed by atoms with van der Waals surface area (Å²) in [7, 11) is 3.85. The second-order valence-corrected chi connectivity index (χ2v) is 2.52. The molecular weight excluding hydrogens is 140 g/mol. The standard InChI is InChI=1S/C8H12N2O/c1-9-5-3-4-8(9)10(2)6-7-11/h3-5,7H,6H2,1-2H3. The number of aldehydes is 1. The van der Waals surface area contributed by atoms with E-state index in [9.17, 15) is 4.79 Å². The molecule has 0 radical (unpaired) electrons. The molecule has 0 aliphatic heterocycles. The summed E-state index contributed by atoms with van der Waals surface area (Å²) >= 11 is 0. The average molecular weight is 152 g/mol. The number of aryl methyl sites for hydroxylation is 1. The van der Waals surface area contributed by atoms with E-state index in [2.05, 4.69) is 0 Å². The number of hydrogen-bond acceptors (Lipinski definition) is 2. The summed E-state index contributed by atoms with van der Waals surface area (Å²) in [6.07, 6.45) is 2.85. The van der Waals surface area contributed by atoms with E-state index in [1.54, 1.807) is 0 Å². The van der Waals surface area contributed by atoms with Crippen molar-refractivity contribution in [3.63, 3.8) is 0 Å². The molecule has 11 heavy (non-hydrogen) atoms. The molecule has 0 saturated heterocycles. The van der Waals surface area contributed by atoms with E-state index in [0.717, 1.165) is 12.1 Å². The van der Waals surface area contributed by atoms with Gasteiger partial charge in [0.2, 0.25) is 0 Å². The van der Waals surface area contributed by atoms with Crippen molar-refractivity contribution in [3.05, 3.63) is 18.3 Å². The Bertz CT molecular complexity index is 242. The van der Waals surface area contributed by atoms with Gasteiger partial charge >= 0.3 is 0 Å². The average Bonchev–Trinajstić information content (AvgIpc) is 2.36. The molecule has 0 fully saturated rings. The third kappa shape index (κ3) is 1.61. The SMILES string of the molecule is CN(CC=O)c1cccn1C. The van der Waals surface area contributed by atoms with Crippen LogP contribution in [-0.4, -0.2) is 24.4 Å². The van der Waals surface area contributed by atoms with Gasteiger partial charge in [-0.2, -0.15) is 0 Å². The molecule has 60 valence electrons. The molecule has 0 unspecified atom stereocenters. The molecule has 3 heteroatoms. The maximum Gasteiger partial charge on any atom is 0.139 e. The zero-order valence-corrected chi connectivity index (χ0v) is 6.82. The molecule has 1 rings (SSSR count). The Morgan fingerprint density at radius 1 is 1.73 bits per heavy atom. The first-order valence-corrected chi connectivity index (χ1v) is 3.52. The smallest absolute Gasteiger partial charge is 0.139 e. The fourth-order valence-corrected chi connectivity index (χ4v) is 1.05. The van der Waals surface area contributed by atoms with Crippen molar-refractivity contribution in [1.82, 2.24) is 4.57 Å². The van der Waals surface area contributed by atoms with Gasteiger partial charge in [0.15, 0.2) is 0 Å². The van der Waals surface area contributed by atoms with E-state index in [1.165, 1.54) is 0 Å². The highest BCUT2D eigenvalue weighted by atomic mass is 16.1. The third-order valence-electron chi connectivity index (χ3n) is 1.66. The fraction of sp³-hybridized carbons (Fsp3) is 0.375. The summed E-state index contributed by atoms with van der Waals surface area (Å²) in [5.74, 6) is 1.05. The van der Waals surface area contributed by atoms with E-state index in [1.807, 2.05) is 41.9 Å². The van der Waals surface area contributed by atoms with Crippen LogP contribution in [0, 0.1) is 0 Å². The number of nitrogens with zero attached hydrogens (tertiary/aromatic N) is 2. The normalized spacial score (nSPS) is 9.64. The van der Waals surface area contributed by atoms with Gasteiger partial charge in [-0.1, -0.05) is 0 Å². The second-order valence-electron chi connectivity index (χ2n) is 2.52. The number of rotatable bonds is 3. The highest BCUT2D eigenvalue weighted by Crippen LogP contribution is 2.10. The quantitative estimate of drug-likeness (QED) is 0.594. The van der Waals surface area contributed by atoms with E-state index in [0.29, 0.717) is 6.54 Å². The van der Waals surface area contributed by atoms with Gasteiger partial charge in [0, 0.05) is 20.3 Å². The van der Waals surface area contributed by atoms with Gasteiger partial charge in [0.1, 0.15) is 12.1 Å². The van der Waals surface area contributed by atoms with Crippen molar-refractivity contribution in [1.29, 1.82) is 0 Å². The predicted molar refractivity (Wildman–Crippen MR) is 44.7 cm³/mol. The monoisotopic (exact) mass is 152 g/mol. The number of carbonyl (C=O) groups excluding carboxylic acids is 1. The Kier molecular flexibility index (Phi) is 2.31. The van der Waals surface area contributed by atoms with Gasteiger partial charge in [-0.3, -0.25) is 0 Å². The molecule has 0 aromatic carbocycles. The summed E-state index contributed by atoms with van der Waals surface area (Å²) in [6.45, 7) is 0.442. The summed E-state index contributed by atoms with van der Waals surface area (Å²) in [5, 5.41) is 0. The first-order chi connectivity index (χ1) is 5.25. The Labute approximate surface area is 66.2 Å². The topological polar surface area (TPSA) is 25.2 Å². The molecule has 0 saturated carbocycles.